The van der Waals surface area contributed by atoms with Crippen molar-refractivity contribution >= 4 is 39.5 Å². The summed E-state index contributed by atoms with van der Waals surface area (Å²) in [6.45, 7) is 15.1. The van der Waals surface area contributed by atoms with Crippen LogP contribution in [0.15, 0.2) is 64.0 Å². The maximum atomic E-state index is 13.8. The van der Waals surface area contributed by atoms with Gasteiger partial charge in [-0.05, 0) is 48.2 Å². The number of hydrogen-bond acceptors (Lipinski definition) is 18. The number of esters is 1. The van der Waals surface area contributed by atoms with E-state index in [2.05, 4.69) is 28.5 Å². The van der Waals surface area contributed by atoms with Crippen molar-refractivity contribution in [1.29, 1.82) is 0 Å². The van der Waals surface area contributed by atoms with Crippen LogP contribution in [0.2, 0.25) is 0 Å². The molecule has 452 valence electrons. The van der Waals surface area contributed by atoms with Gasteiger partial charge in [-0.1, -0.05) is 38.1 Å². The van der Waals surface area contributed by atoms with Gasteiger partial charge in [0.2, 0.25) is 33.3 Å². The highest BCUT2D eigenvalue weighted by Crippen LogP contribution is 2.34. The van der Waals surface area contributed by atoms with E-state index in [9.17, 15) is 35.6 Å². The van der Waals surface area contributed by atoms with Crippen LogP contribution in [-0.4, -0.2) is 218 Å². The maximum Gasteiger partial charge on any atom is 0.313 e. The Bertz CT molecular complexity index is 2510. The number of carbonyl (C=O) groups excluding carboxylic acids is 2. The summed E-state index contributed by atoms with van der Waals surface area (Å²) in [7, 11) is -3.74. The number of ether oxygens (including phenoxy) is 11. The summed E-state index contributed by atoms with van der Waals surface area (Å²) >= 11 is 0. The van der Waals surface area contributed by atoms with Crippen molar-refractivity contribution < 1.29 is 87.7 Å². The quantitative estimate of drug-likeness (QED) is 0.0233. The molecule has 3 aromatic rings. The van der Waals surface area contributed by atoms with E-state index in [1.807, 2.05) is 35.2 Å². The van der Waals surface area contributed by atoms with E-state index < -0.39 is 51.4 Å². The normalized spacial score (nSPS) is 14.1. The zero-order valence-corrected chi connectivity index (χ0v) is 47.3. The maximum absolute atomic E-state index is 13.8. The molecule has 0 bridgehead atoms. The minimum absolute atomic E-state index is 0.0150. The fourth-order valence-electron chi connectivity index (χ4n) is 8.18. The second-order valence-corrected chi connectivity index (χ2v) is 20.4. The van der Waals surface area contributed by atoms with E-state index in [1.54, 1.807) is 18.2 Å². The Balaban J connectivity index is 0.767. The molecule has 1 amide bonds. The fraction of sp³-hybridized carbons (Fsp3) is 0.589. The molecule has 1 fully saturated rings. The van der Waals surface area contributed by atoms with E-state index in [1.165, 1.54) is 4.31 Å². The van der Waals surface area contributed by atoms with E-state index in [0.29, 0.717) is 169 Å². The summed E-state index contributed by atoms with van der Waals surface area (Å²) in [6.07, 6.45) is 3.45. The molecule has 5 rings (SSSR count). The van der Waals surface area contributed by atoms with E-state index in [4.69, 9.17) is 53.1 Å². The highest BCUT2D eigenvalue weighted by Gasteiger charge is 2.29. The third-order valence-electron chi connectivity index (χ3n) is 12.3. The van der Waals surface area contributed by atoms with Crippen LogP contribution in [0.5, 0.6) is 5.75 Å². The average Bonchev–Trinajstić information content (AvgIpc) is 3.65. The Labute approximate surface area is 472 Å². The number of amidine groups is 1. The molecular formula is C56H79F4N5O15S. The van der Waals surface area contributed by atoms with Crippen molar-refractivity contribution in [2.45, 2.75) is 44.4 Å². The Hall–Kier alpha value is -5.00. The number of rotatable bonds is 42. The van der Waals surface area contributed by atoms with Gasteiger partial charge in [0, 0.05) is 69.4 Å². The third-order valence-corrected chi connectivity index (χ3v) is 14.2. The number of fused-ring (bicyclic) bond motifs is 1. The first-order chi connectivity index (χ1) is 39.3. The first-order valence-corrected chi connectivity index (χ1v) is 28.9. The summed E-state index contributed by atoms with van der Waals surface area (Å²) in [5.74, 6) is -9.21. The van der Waals surface area contributed by atoms with Gasteiger partial charge in [0.15, 0.2) is 11.6 Å². The Morgan fingerprint density at radius 3 is 1.53 bits per heavy atom. The average molecular weight is 1170 g/mol. The lowest BCUT2D eigenvalue weighted by atomic mass is 10.0. The van der Waals surface area contributed by atoms with E-state index in [-0.39, 0.29) is 49.7 Å². The van der Waals surface area contributed by atoms with Gasteiger partial charge in [0.05, 0.1) is 149 Å². The molecule has 2 heterocycles. The Morgan fingerprint density at radius 2 is 1.05 bits per heavy atom. The van der Waals surface area contributed by atoms with Crippen LogP contribution >= 0.6 is 0 Å². The van der Waals surface area contributed by atoms with Gasteiger partial charge < -0.3 is 62.7 Å². The molecule has 81 heavy (non-hydrogen) atoms. The van der Waals surface area contributed by atoms with Crippen LogP contribution < -0.4 is 10.5 Å². The number of piperazine rings is 1. The van der Waals surface area contributed by atoms with Gasteiger partial charge >= 0.3 is 5.97 Å². The number of carbonyl (C=O) groups is 2. The monoisotopic (exact) mass is 1170 g/mol. The molecule has 2 aliphatic rings. The van der Waals surface area contributed by atoms with Gasteiger partial charge in [-0.25, -0.2) is 22.2 Å². The molecule has 0 aromatic heterocycles. The molecule has 25 heteroatoms. The lowest BCUT2D eigenvalue weighted by molar-refractivity contribution is -0.136. The van der Waals surface area contributed by atoms with Crippen LogP contribution in [0.1, 0.15) is 45.1 Å². The highest BCUT2D eigenvalue weighted by molar-refractivity contribution is 7.89. The van der Waals surface area contributed by atoms with Crippen molar-refractivity contribution in [3.05, 3.63) is 82.9 Å². The van der Waals surface area contributed by atoms with Crippen molar-refractivity contribution in [1.82, 2.24) is 14.1 Å². The number of benzene rings is 3. The number of sulfonamides is 1. The van der Waals surface area contributed by atoms with Crippen molar-refractivity contribution in [3.63, 3.8) is 0 Å². The van der Waals surface area contributed by atoms with Gasteiger partial charge in [-0.3, -0.25) is 14.5 Å². The van der Waals surface area contributed by atoms with E-state index in [0.717, 1.165) is 29.5 Å². The first-order valence-electron chi connectivity index (χ1n) is 27.4. The molecular weight excluding hydrogens is 1090 g/mol. The third kappa shape index (κ3) is 24.0. The Morgan fingerprint density at radius 1 is 0.593 bits per heavy atom. The molecule has 0 atom stereocenters. The number of nitrogens with zero attached hydrogens (tertiary/aromatic N) is 4. The lowest BCUT2D eigenvalue weighted by Gasteiger charge is -2.33. The predicted octanol–water partition coefficient (Wildman–Crippen LogP) is 5.80. The molecule has 20 nitrogen and oxygen atoms in total. The fourth-order valence-corrected chi connectivity index (χ4v) is 9.65. The Kier molecular flexibility index (Phi) is 31.3. The summed E-state index contributed by atoms with van der Waals surface area (Å²) in [4.78, 5) is 34.1. The van der Waals surface area contributed by atoms with Crippen LogP contribution in [0.4, 0.5) is 23.2 Å². The first kappa shape index (κ1) is 66.8. The van der Waals surface area contributed by atoms with Crippen LogP contribution in [0.25, 0.3) is 17.2 Å². The molecule has 0 aliphatic carbocycles. The number of hydrogen-bond donors (Lipinski definition) is 1. The topological polar surface area (TPSA) is 218 Å². The molecule has 0 unspecified atom stereocenters. The van der Waals surface area contributed by atoms with Crippen LogP contribution in [0, 0.1) is 23.3 Å². The van der Waals surface area contributed by atoms with Gasteiger partial charge in [0.25, 0.3) is 0 Å². The standard InChI is InChI=1S/C56H79F4N5O15S/c1-3-11-64(12-4-2)56(67)46-38-45-9-8-44(40-50(45)62-51(61)41-46)43-6-5-7-47(39-43)81(68,69)65-15-13-63(14-16-65)17-19-71-21-23-73-25-27-75-29-31-77-33-35-79-37-36-78-34-32-76-30-28-74-26-24-72-22-20-70-18-10-52(66)80-55-53(59)48(57)42-49(58)54(55)60/h5-9,38-40,42H,3-4,10-37,41H2,1-2H3,(H2,61,62). The highest BCUT2D eigenvalue weighted by atomic mass is 32.2. The predicted molar refractivity (Wildman–Crippen MR) is 293 cm³/mol. The minimum Gasteiger partial charge on any atom is -0.420 e. The second-order valence-electron chi connectivity index (χ2n) is 18.4. The van der Waals surface area contributed by atoms with Crippen LogP contribution in [0.3, 0.4) is 0 Å². The smallest absolute Gasteiger partial charge is 0.313 e. The molecule has 0 saturated carbocycles. The molecule has 2 N–H and O–H groups in total. The van der Waals surface area contributed by atoms with E-state index >= 15 is 0 Å². The number of amides is 1. The van der Waals surface area contributed by atoms with Crippen molar-refractivity contribution in [2.75, 3.05) is 178 Å². The molecule has 1 saturated heterocycles. The largest absolute Gasteiger partial charge is 0.420 e. The van der Waals surface area contributed by atoms with Crippen molar-refractivity contribution in [2.24, 2.45) is 10.7 Å². The molecule has 0 spiro atoms. The number of nitrogens with two attached hydrogens (primary N) is 1. The number of halogens is 4. The summed E-state index contributed by atoms with van der Waals surface area (Å²) < 4.78 is 142. The van der Waals surface area contributed by atoms with Gasteiger partial charge in [0.1, 0.15) is 5.84 Å². The molecule has 0 radical (unpaired) electrons. The summed E-state index contributed by atoms with van der Waals surface area (Å²) in [5.41, 5.74) is 9.87. The van der Waals surface area contributed by atoms with Crippen molar-refractivity contribution in [3.8, 4) is 16.9 Å². The number of aliphatic imine (C=N–C) groups is 1. The van der Waals surface area contributed by atoms with Gasteiger partial charge in [-0.15, -0.1) is 0 Å². The minimum atomic E-state index is -3.74. The molecule has 2 aliphatic heterocycles. The zero-order valence-electron chi connectivity index (χ0n) is 46.5. The summed E-state index contributed by atoms with van der Waals surface area (Å²) in [5, 5.41) is 0. The van der Waals surface area contributed by atoms with Gasteiger partial charge in [-0.2, -0.15) is 13.1 Å². The lowest BCUT2D eigenvalue weighted by Crippen LogP contribution is -2.49. The SMILES string of the molecule is CCCN(CCC)C(=O)C1=Cc2ccc(-c3cccc(S(=O)(=O)N4CCN(CCOCCOCCOCCOCCOCCOCCOCCOCCOCCOCCC(=O)Oc5c(F)c(F)cc(F)c5F)CC4)c3)cc2N=C(N)C1. The zero-order chi connectivity index (χ0) is 58.1. The second kappa shape index (κ2) is 38.0. The van der Waals surface area contributed by atoms with Crippen LogP contribution in [-0.2, 0) is 67.0 Å². The summed E-state index contributed by atoms with van der Waals surface area (Å²) in [6, 6.07) is 12.7. The molecule has 3 aromatic carbocycles.